The van der Waals surface area contributed by atoms with Crippen LogP contribution >= 0.6 is 15.9 Å². The van der Waals surface area contributed by atoms with Crippen LogP contribution in [0.5, 0.6) is 0 Å². The van der Waals surface area contributed by atoms with Crippen molar-refractivity contribution in [3.63, 3.8) is 0 Å². The van der Waals surface area contributed by atoms with Gasteiger partial charge < -0.3 is 9.52 Å². The van der Waals surface area contributed by atoms with E-state index < -0.39 is 6.10 Å². The van der Waals surface area contributed by atoms with Crippen molar-refractivity contribution in [3.05, 3.63) is 46.1 Å². The molecule has 0 aliphatic rings. The van der Waals surface area contributed by atoms with Gasteiger partial charge in [0.2, 0.25) is 0 Å². The van der Waals surface area contributed by atoms with E-state index in [4.69, 9.17) is 4.42 Å². The highest BCUT2D eigenvalue weighted by molar-refractivity contribution is 9.10. The Morgan fingerprint density at radius 2 is 2.06 bits per heavy atom. The van der Waals surface area contributed by atoms with Crippen LogP contribution in [0.2, 0.25) is 0 Å². The van der Waals surface area contributed by atoms with Crippen LogP contribution < -0.4 is 0 Å². The fourth-order valence-corrected chi connectivity index (χ4v) is 2.23. The molecule has 1 aromatic heterocycles. The molecule has 0 radical (unpaired) electrons. The van der Waals surface area contributed by atoms with Crippen LogP contribution in [0.1, 0.15) is 31.3 Å². The maximum atomic E-state index is 9.45. The van der Waals surface area contributed by atoms with Crippen LogP contribution in [0.3, 0.4) is 0 Å². The number of aliphatic hydroxyl groups excluding tert-OH is 1. The lowest BCUT2D eigenvalue weighted by molar-refractivity contribution is 0.170. The SMILES string of the molecule is CCc1cc(Br)ccc1-c1ccc(C(C)O)o1. The zero-order valence-corrected chi connectivity index (χ0v) is 11.5. The van der Waals surface area contributed by atoms with E-state index in [-0.39, 0.29) is 0 Å². The maximum absolute atomic E-state index is 9.45. The second-order valence-corrected chi connectivity index (χ2v) is 4.95. The first-order valence-electron chi connectivity index (χ1n) is 5.68. The molecule has 0 saturated heterocycles. The third-order valence-electron chi connectivity index (χ3n) is 2.75. The van der Waals surface area contributed by atoms with Crippen molar-refractivity contribution in [1.29, 1.82) is 0 Å². The fourth-order valence-electron chi connectivity index (χ4n) is 1.82. The summed E-state index contributed by atoms with van der Waals surface area (Å²) in [7, 11) is 0. The minimum atomic E-state index is -0.565. The lowest BCUT2D eigenvalue weighted by Gasteiger charge is -2.06. The first-order chi connectivity index (χ1) is 8.11. The van der Waals surface area contributed by atoms with Gasteiger partial charge in [-0.05, 0) is 49.2 Å². The predicted octanol–water partition coefficient (Wildman–Crippen LogP) is 4.32. The maximum Gasteiger partial charge on any atom is 0.134 e. The molecular weight excluding hydrogens is 280 g/mol. The Balaban J connectivity index is 2.44. The largest absolute Gasteiger partial charge is 0.458 e. The van der Waals surface area contributed by atoms with Gasteiger partial charge in [-0.3, -0.25) is 0 Å². The number of halogens is 1. The summed E-state index contributed by atoms with van der Waals surface area (Å²) in [6, 6.07) is 9.86. The van der Waals surface area contributed by atoms with Gasteiger partial charge in [0.1, 0.15) is 17.6 Å². The summed E-state index contributed by atoms with van der Waals surface area (Å²) in [6.07, 6.45) is 0.378. The van der Waals surface area contributed by atoms with E-state index in [0.29, 0.717) is 5.76 Å². The molecule has 2 aromatic rings. The van der Waals surface area contributed by atoms with Crippen molar-refractivity contribution in [3.8, 4) is 11.3 Å². The van der Waals surface area contributed by atoms with Crippen molar-refractivity contribution in [2.75, 3.05) is 0 Å². The van der Waals surface area contributed by atoms with Gasteiger partial charge in [0.05, 0.1) is 0 Å². The van der Waals surface area contributed by atoms with E-state index in [9.17, 15) is 5.11 Å². The molecule has 0 spiro atoms. The van der Waals surface area contributed by atoms with Crippen molar-refractivity contribution < 1.29 is 9.52 Å². The minimum Gasteiger partial charge on any atom is -0.458 e. The van der Waals surface area contributed by atoms with Gasteiger partial charge in [-0.25, -0.2) is 0 Å². The smallest absolute Gasteiger partial charge is 0.134 e. The van der Waals surface area contributed by atoms with Gasteiger partial charge in [0.25, 0.3) is 0 Å². The van der Waals surface area contributed by atoms with Crippen LogP contribution in [0.15, 0.2) is 39.2 Å². The highest BCUT2D eigenvalue weighted by Gasteiger charge is 2.11. The summed E-state index contributed by atoms with van der Waals surface area (Å²) in [5, 5.41) is 9.45. The van der Waals surface area contributed by atoms with Crippen molar-refractivity contribution >= 4 is 15.9 Å². The number of rotatable bonds is 3. The van der Waals surface area contributed by atoms with E-state index in [1.807, 2.05) is 24.3 Å². The van der Waals surface area contributed by atoms with Crippen LogP contribution in [0, 0.1) is 0 Å². The number of furan rings is 1. The third kappa shape index (κ3) is 2.61. The summed E-state index contributed by atoms with van der Waals surface area (Å²) >= 11 is 3.47. The standard InChI is InChI=1S/C14H15BrO2/c1-3-10-8-11(15)4-5-12(10)14-7-6-13(17-14)9(2)16/h4-9,16H,3H2,1-2H3. The molecule has 1 unspecified atom stereocenters. The molecule has 2 nitrogen and oxygen atoms in total. The van der Waals surface area contributed by atoms with E-state index in [1.165, 1.54) is 5.56 Å². The molecule has 1 heterocycles. The Kier molecular flexibility index (Phi) is 3.69. The molecule has 1 atom stereocenters. The van der Waals surface area contributed by atoms with Gasteiger partial charge in [-0.15, -0.1) is 0 Å². The molecule has 0 bridgehead atoms. The summed E-state index contributed by atoms with van der Waals surface area (Å²) in [5.41, 5.74) is 2.31. The highest BCUT2D eigenvalue weighted by atomic mass is 79.9. The normalized spacial score (nSPS) is 12.7. The lowest BCUT2D eigenvalue weighted by Crippen LogP contribution is -1.87. The Morgan fingerprint density at radius 1 is 1.29 bits per heavy atom. The molecule has 0 fully saturated rings. The average Bonchev–Trinajstić information content (AvgIpc) is 2.78. The van der Waals surface area contributed by atoms with E-state index in [1.54, 1.807) is 6.92 Å². The first kappa shape index (κ1) is 12.4. The van der Waals surface area contributed by atoms with Crippen molar-refractivity contribution in [2.45, 2.75) is 26.4 Å². The quantitative estimate of drug-likeness (QED) is 0.914. The van der Waals surface area contributed by atoms with E-state index in [0.717, 1.165) is 22.2 Å². The number of benzene rings is 1. The van der Waals surface area contributed by atoms with Crippen LogP contribution in [0.25, 0.3) is 11.3 Å². The number of hydrogen-bond acceptors (Lipinski definition) is 2. The molecule has 90 valence electrons. The van der Waals surface area contributed by atoms with Gasteiger partial charge in [0, 0.05) is 10.0 Å². The van der Waals surface area contributed by atoms with Crippen molar-refractivity contribution in [2.24, 2.45) is 0 Å². The zero-order valence-electron chi connectivity index (χ0n) is 9.90. The van der Waals surface area contributed by atoms with E-state index in [2.05, 4.69) is 28.9 Å². The summed E-state index contributed by atoms with van der Waals surface area (Å²) in [6.45, 7) is 3.81. The molecule has 1 aromatic carbocycles. The molecule has 17 heavy (non-hydrogen) atoms. The third-order valence-corrected chi connectivity index (χ3v) is 3.25. The van der Waals surface area contributed by atoms with Gasteiger partial charge in [-0.2, -0.15) is 0 Å². The molecular formula is C14H15BrO2. The topological polar surface area (TPSA) is 33.4 Å². The molecule has 0 aliphatic carbocycles. The van der Waals surface area contributed by atoms with Gasteiger partial charge >= 0.3 is 0 Å². The monoisotopic (exact) mass is 294 g/mol. The Hall–Kier alpha value is -1.06. The second-order valence-electron chi connectivity index (χ2n) is 4.03. The molecule has 1 N–H and O–H groups in total. The Morgan fingerprint density at radius 3 is 2.65 bits per heavy atom. The fraction of sp³-hybridized carbons (Fsp3) is 0.286. The highest BCUT2D eigenvalue weighted by Crippen LogP contribution is 2.30. The van der Waals surface area contributed by atoms with Crippen LogP contribution in [-0.2, 0) is 6.42 Å². The van der Waals surface area contributed by atoms with Gasteiger partial charge in [0.15, 0.2) is 0 Å². The average molecular weight is 295 g/mol. The lowest BCUT2D eigenvalue weighted by atomic mass is 10.0. The summed E-state index contributed by atoms with van der Waals surface area (Å²) < 4.78 is 6.72. The van der Waals surface area contributed by atoms with Crippen LogP contribution in [0.4, 0.5) is 0 Å². The Bertz CT molecular complexity index is 515. The molecule has 0 saturated carbocycles. The van der Waals surface area contributed by atoms with E-state index >= 15 is 0 Å². The van der Waals surface area contributed by atoms with Crippen LogP contribution in [-0.4, -0.2) is 5.11 Å². The second kappa shape index (κ2) is 5.07. The molecule has 2 rings (SSSR count). The summed E-state index contributed by atoms with van der Waals surface area (Å²) in [5.74, 6) is 1.41. The van der Waals surface area contributed by atoms with Gasteiger partial charge in [-0.1, -0.05) is 22.9 Å². The molecule has 0 aliphatic heterocycles. The predicted molar refractivity (Wildman–Crippen MR) is 71.9 cm³/mol. The Labute approximate surface area is 109 Å². The number of aryl methyl sites for hydroxylation is 1. The zero-order chi connectivity index (χ0) is 12.4. The molecule has 0 amide bonds. The van der Waals surface area contributed by atoms with Crippen molar-refractivity contribution in [1.82, 2.24) is 0 Å². The summed E-state index contributed by atoms with van der Waals surface area (Å²) in [4.78, 5) is 0. The molecule has 3 heteroatoms. The minimum absolute atomic E-state index is 0.565. The number of hydrogen-bond donors (Lipinski definition) is 1. The number of aliphatic hydroxyl groups is 1. The first-order valence-corrected chi connectivity index (χ1v) is 6.47.